The molecule has 1 aromatic heterocycles. The predicted molar refractivity (Wildman–Crippen MR) is 85.7 cm³/mol. The lowest BCUT2D eigenvalue weighted by Crippen LogP contribution is -2.13. The van der Waals surface area contributed by atoms with Crippen molar-refractivity contribution in [2.45, 2.75) is 6.92 Å². The lowest BCUT2D eigenvalue weighted by molar-refractivity contribution is 0.0963. The summed E-state index contributed by atoms with van der Waals surface area (Å²) >= 11 is 5.87. The van der Waals surface area contributed by atoms with Crippen molar-refractivity contribution in [3.63, 3.8) is 0 Å². The molecule has 3 aromatic rings. The van der Waals surface area contributed by atoms with Crippen LogP contribution in [0.1, 0.15) is 21.6 Å². The van der Waals surface area contributed by atoms with Crippen molar-refractivity contribution < 1.29 is 4.79 Å². The zero-order valence-electron chi connectivity index (χ0n) is 11.4. The van der Waals surface area contributed by atoms with Gasteiger partial charge in [0.1, 0.15) is 0 Å². The Balaban J connectivity index is 2.25. The van der Waals surface area contributed by atoms with Crippen molar-refractivity contribution in [3.05, 3.63) is 70.4 Å². The summed E-state index contributed by atoms with van der Waals surface area (Å²) in [6.45, 7) is 1.86. The van der Waals surface area contributed by atoms with Gasteiger partial charge in [0, 0.05) is 33.4 Å². The second-order valence-corrected chi connectivity index (χ2v) is 5.24. The van der Waals surface area contributed by atoms with Gasteiger partial charge >= 0.3 is 0 Å². The molecule has 0 atom stereocenters. The summed E-state index contributed by atoms with van der Waals surface area (Å²) in [4.78, 5) is 12.8. The highest BCUT2D eigenvalue weighted by molar-refractivity contribution is 6.30. The van der Waals surface area contributed by atoms with E-state index in [9.17, 15) is 4.79 Å². The molecule has 1 heterocycles. The van der Waals surface area contributed by atoms with Gasteiger partial charge in [0.05, 0.1) is 5.52 Å². The number of carbonyl (C=O) groups excluding carboxylic acids is 1. The SMILES string of the molecule is Cc1c(C=N)c2ccccc2n1C(=O)c1ccc(Cl)cc1. The molecule has 0 spiro atoms. The zero-order valence-corrected chi connectivity index (χ0v) is 12.2. The maximum atomic E-state index is 12.8. The number of halogens is 1. The molecule has 3 nitrogen and oxygen atoms in total. The van der Waals surface area contributed by atoms with E-state index in [-0.39, 0.29) is 5.91 Å². The Morgan fingerprint density at radius 1 is 1.14 bits per heavy atom. The van der Waals surface area contributed by atoms with Crippen LogP contribution in [0.3, 0.4) is 0 Å². The highest BCUT2D eigenvalue weighted by Gasteiger charge is 2.18. The van der Waals surface area contributed by atoms with Crippen LogP contribution in [-0.4, -0.2) is 16.7 Å². The van der Waals surface area contributed by atoms with Gasteiger partial charge in [-0.3, -0.25) is 9.36 Å². The van der Waals surface area contributed by atoms with Gasteiger partial charge in [0.2, 0.25) is 0 Å². The van der Waals surface area contributed by atoms with E-state index >= 15 is 0 Å². The zero-order chi connectivity index (χ0) is 15.0. The number of hydrogen-bond acceptors (Lipinski definition) is 2. The Labute approximate surface area is 127 Å². The minimum absolute atomic E-state index is 0.117. The van der Waals surface area contributed by atoms with E-state index < -0.39 is 0 Å². The number of fused-ring (bicyclic) bond motifs is 1. The van der Waals surface area contributed by atoms with E-state index in [0.717, 1.165) is 22.2 Å². The number of nitrogens with zero attached hydrogens (tertiary/aromatic N) is 1. The Kier molecular flexibility index (Phi) is 3.35. The van der Waals surface area contributed by atoms with Crippen molar-refractivity contribution in [3.8, 4) is 0 Å². The van der Waals surface area contributed by atoms with Crippen LogP contribution in [0.2, 0.25) is 5.02 Å². The van der Waals surface area contributed by atoms with E-state index in [2.05, 4.69) is 0 Å². The van der Waals surface area contributed by atoms with Gasteiger partial charge in [-0.1, -0.05) is 29.8 Å². The van der Waals surface area contributed by atoms with E-state index in [1.165, 1.54) is 6.21 Å². The first-order valence-corrected chi connectivity index (χ1v) is 6.92. The fourth-order valence-corrected chi connectivity index (χ4v) is 2.68. The molecule has 2 aromatic carbocycles. The molecule has 0 radical (unpaired) electrons. The molecule has 0 amide bonds. The molecule has 0 bridgehead atoms. The number of hydrogen-bond donors (Lipinski definition) is 1. The van der Waals surface area contributed by atoms with Gasteiger partial charge in [-0.05, 0) is 37.3 Å². The van der Waals surface area contributed by atoms with Gasteiger partial charge in [-0.15, -0.1) is 0 Å². The normalized spacial score (nSPS) is 10.8. The summed E-state index contributed by atoms with van der Waals surface area (Å²) < 4.78 is 1.65. The van der Waals surface area contributed by atoms with Gasteiger partial charge in [-0.25, -0.2) is 0 Å². The summed E-state index contributed by atoms with van der Waals surface area (Å²) in [5, 5.41) is 9.09. The molecule has 3 rings (SSSR count). The molecule has 0 aliphatic rings. The Hall–Kier alpha value is -2.39. The average molecular weight is 297 g/mol. The number of benzene rings is 2. The van der Waals surface area contributed by atoms with Crippen LogP contribution in [0.15, 0.2) is 48.5 Å². The Morgan fingerprint density at radius 2 is 1.81 bits per heavy atom. The largest absolute Gasteiger partial charge is 0.308 e. The molecule has 0 fully saturated rings. The van der Waals surface area contributed by atoms with Crippen LogP contribution in [0, 0.1) is 12.3 Å². The van der Waals surface area contributed by atoms with Crippen molar-refractivity contribution in [2.24, 2.45) is 0 Å². The number of carbonyl (C=O) groups is 1. The molecule has 0 saturated carbocycles. The highest BCUT2D eigenvalue weighted by Crippen LogP contribution is 2.25. The van der Waals surface area contributed by atoms with Crippen LogP contribution in [0.25, 0.3) is 10.9 Å². The second-order valence-electron chi connectivity index (χ2n) is 4.81. The van der Waals surface area contributed by atoms with Gasteiger partial charge in [0.15, 0.2) is 0 Å². The van der Waals surface area contributed by atoms with Crippen molar-refractivity contribution in [1.82, 2.24) is 4.57 Å². The minimum atomic E-state index is -0.117. The number of para-hydroxylation sites is 1. The molecule has 0 aliphatic heterocycles. The average Bonchev–Trinajstić information content (AvgIpc) is 2.78. The number of nitrogens with one attached hydrogen (secondary N) is 1. The quantitative estimate of drug-likeness (QED) is 0.705. The first kappa shape index (κ1) is 13.6. The molecular formula is C17H13ClN2O. The van der Waals surface area contributed by atoms with E-state index in [4.69, 9.17) is 17.0 Å². The fraction of sp³-hybridized carbons (Fsp3) is 0.0588. The topological polar surface area (TPSA) is 45.9 Å². The third-order valence-corrected chi connectivity index (χ3v) is 3.85. The first-order chi connectivity index (χ1) is 10.1. The van der Waals surface area contributed by atoms with Crippen LogP contribution in [-0.2, 0) is 0 Å². The third kappa shape index (κ3) is 2.16. The molecule has 21 heavy (non-hydrogen) atoms. The smallest absolute Gasteiger partial charge is 0.262 e. The molecule has 0 unspecified atom stereocenters. The van der Waals surface area contributed by atoms with Crippen molar-refractivity contribution in [2.75, 3.05) is 0 Å². The monoisotopic (exact) mass is 296 g/mol. The van der Waals surface area contributed by atoms with Gasteiger partial charge in [-0.2, -0.15) is 0 Å². The maximum Gasteiger partial charge on any atom is 0.262 e. The third-order valence-electron chi connectivity index (χ3n) is 3.60. The lowest BCUT2D eigenvalue weighted by atomic mass is 10.1. The Morgan fingerprint density at radius 3 is 2.48 bits per heavy atom. The first-order valence-electron chi connectivity index (χ1n) is 6.54. The minimum Gasteiger partial charge on any atom is -0.308 e. The van der Waals surface area contributed by atoms with E-state index in [1.54, 1.807) is 28.8 Å². The molecule has 104 valence electrons. The molecule has 4 heteroatoms. The standard InChI is InChI=1S/C17H13ClN2O/c1-11-15(10-19)14-4-2-3-5-16(14)20(11)17(21)12-6-8-13(18)9-7-12/h2-10,19H,1H3. The Bertz CT molecular complexity index is 847. The van der Waals surface area contributed by atoms with Crippen LogP contribution in [0.4, 0.5) is 0 Å². The van der Waals surface area contributed by atoms with Crippen LogP contribution < -0.4 is 0 Å². The van der Waals surface area contributed by atoms with Gasteiger partial charge in [0.25, 0.3) is 5.91 Å². The second kappa shape index (κ2) is 5.19. The molecule has 0 saturated heterocycles. The van der Waals surface area contributed by atoms with Gasteiger partial charge < -0.3 is 5.41 Å². The van der Waals surface area contributed by atoms with E-state index in [1.807, 2.05) is 31.2 Å². The number of aromatic nitrogens is 1. The van der Waals surface area contributed by atoms with E-state index in [0.29, 0.717) is 10.6 Å². The molecule has 1 N–H and O–H groups in total. The highest BCUT2D eigenvalue weighted by atomic mass is 35.5. The van der Waals surface area contributed by atoms with Crippen LogP contribution >= 0.6 is 11.6 Å². The maximum absolute atomic E-state index is 12.8. The summed E-state index contributed by atoms with van der Waals surface area (Å²) in [6, 6.07) is 14.4. The number of rotatable bonds is 2. The summed E-state index contributed by atoms with van der Waals surface area (Å²) in [7, 11) is 0. The summed E-state index contributed by atoms with van der Waals surface area (Å²) in [5.74, 6) is -0.117. The van der Waals surface area contributed by atoms with Crippen LogP contribution in [0.5, 0.6) is 0 Å². The predicted octanol–water partition coefficient (Wildman–Crippen LogP) is 4.29. The summed E-state index contributed by atoms with van der Waals surface area (Å²) in [5.41, 5.74) is 2.92. The van der Waals surface area contributed by atoms with Crippen molar-refractivity contribution in [1.29, 1.82) is 5.41 Å². The summed E-state index contributed by atoms with van der Waals surface area (Å²) in [6.07, 6.45) is 1.29. The van der Waals surface area contributed by atoms with Crippen molar-refractivity contribution >= 4 is 34.6 Å². The molecular weight excluding hydrogens is 284 g/mol. The lowest BCUT2D eigenvalue weighted by Gasteiger charge is -2.07. The fourth-order valence-electron chi connectivity index (χ4n) is 2.56. The molecule has 0 aliphatic carbocycles.